The molecule has 4 rings (SSSR count). The van der Waals surface area contributed by atoms with Crippen LogP contribution in [0.4, 0.5) is 0 Å². The summed E-state index contributed by atoms with van der Waals surface area (Å²) in [5.74, 6) is -1.24. The number of fused-ring (bicyclic) bond motifs is 1. The van der Waals surface area contributed by atoms with E-state index in [1.807, 2.05) is 44.8 Å². The Kier molecular flexibility index (Phi) is 9.14. The maximum Gasteiger partial charge on any atom is 0.312 e. The van der Waals surface area contributed by atoms with E-state index in [-0.39, 0.29) is 23.7 Å². The summed E-state index contributed by atoms with van der Waals surface area (Å²) in [5, 5.41) is 44.1. The Labute approximate surface area is 241 Å². The molecule has 3 unspecified atom stereocenters. The number of ether oxygens (including phenoxy) is 3. The normalized spacial score (nSPS) is 54.2. The second kappa shape index (κ2) is 11.3. The highest BCUT2D eigenvalue weighted by atomic mass is 31.1. The Balaban J connectivity index is 1.66. The van der Waals surface area contributed by atoms with Gasteiger partial charge in [0.2, 0.25) is 0 Å². The molecule has 4 aliphatic rings. The van der Waals surface area contributed by atoms with Crippen LogP contribution < -0.4 is 0 Å². The van der Waals surface area contributed by atoms with Crippen LogP contribution in [0.5, 0.6) is 0 Å². The zero-order chi connectivity index (χ0) is 30.1. The number of rotatable bonds is 4. The van der Waals surface area contributed by atoms with Gasteiger partial charge in [-0.15, -0.1) is 0 Å². The molecule has 232 valence electrons. The van der Waals surface area contributed by atoms with Gasteiger partial charge in [-0.2, -0.15) is 0 Å². The highest BCUT2D eigenvalue weighted by Crippen LogP contribution is 2.93. The lowest BCUT2D eigenvalue weighted by molar-refractivity contribution is -0.273. The van der Waals surface area contributed by atoms with Gasteiger partial charge in [-0.3, -0.25) is 4.79 Å². The fourth-order valence-electron chi connectivity index (χ4n) is 7.88. The molecule has 0 bridgehead atoms. The number of aliphatic hydroxyl groups is 4. The third kappa shape index (κ3) is 5.17. The van der Waals surface area contributed by atoms with E-state index in [0.717, 1.165) is 6.42 Å². The van der Waals surface area contributed by atoms with E-state index in [1.165, 1.54) is 6.92 Å². The smallest absolute Gasteiger partial charge is 0.312 e. The Morgan fingerprint density at radius 1 is 1.15 bits per heavy atom. The van der Waals surface area contributed by atoms with Crippen molar-refractivity contribution < 1.29 is 39.4 Å². The number of cyclic esters (lactones) is 1. The molecule has 0 amide bonds. The lowest BCUT2D eigenvalue weighted by Gasteiger charge is -2.50. The molecule has 4 aliphatic heterocycles. The molecule has 15 atom stereocenters. The van der Waals surface area contributed by atoms with Crippen LogP contribution in [0, 0.1) is 11.8 Å². The molecule has 0 spiro atoms. The minimum absolute atomic E-state index is 0.0958. The van der Waals surface area contributed by atoms with E-state index in [2.05, 4.69) is 13.8 Å². The summed E-state index contributed by atoms with van der Waals surface area (Å²) in [6, 6.07) is -0.507. The van der Waals surface area contributed by atoms with Gasteiger partial charge in [0.1, 0.15) is 29.3 Å². The van der Waals surface area contributed by atoms with Gasteiger partial charge in [-0.05, 0) is 74.0 Å². The van der Waals surface area contributed by atoms with Crippen LogP contribution in [0.2, 0.25) is 0 Å². The number of likely N-dealkylation sites (N-methyl/N-ethyl adjacent to an activating group) is 2. The zero-order valence-electron chi connectivity index (χ0n) is 25.9. The molecule has 4 fully saturated rings. The van der Waals surface area contributed by atoms with E-state index in [1.54, 1.807) is 13.8 Å². The molecule has 0 aromatic rings. The molecule has 4 saturated heterocycles. The van der Waals surface area contributed by atoms with E-state index < -0.39 is 72.7 Å². The first-order valence-corrected chi connectivity index (χ1v) is 16.3. The number of nitrogens with zero attached hydrogens (tertiary/aromatic N) is 2. The lowest BCUT2D eigenvalue weighted by Crippen LogP contribution is -2.59. The number of esters is 1. The quantitative estimate of drug-likeness (QED) is 0.283. The van der Waals surface area contributed by atoms with Crippen LogP contribution in [-0.4, -0.2) is 135 Å². The molecule has 11 heteroatoms. The lowest BCUT2D eigenvalue weighted by atomic mass is 9.85. The maximum atomic E-state index is 13.5. The van der Waals surface area contributed by atoms with Crippen molar-refractivity contribution in [1.82, 2.24) is 9.80 Å². The van der Waals surface area contributed by atoms with Gasteiger partial charge in [0.25, 0.3) is 0 Å². The molecule has 10 nitrogen and oxygen atoms in total. The van der Waals surface area contributed by atoms with Gasteiger partial charge in [-0.1, -0.05) is 28.7 Å². The van der Waals surface area contributed by atoms with Gasteiger partial charge in [0.05, 0.1) is 18.1 Å². The summed E-state index contributed by atoms with van der Waals surface area (Å²) in [4.78, 5) is 17.5. The Bertz CT molecular complexity index is 940. The van der Waals surface area contributed by atoms with Gasteiger partial charge in [-0.25, -0.2) is 0 Å². The van der Waals surface area contributed by atoms with Crippen LogP contribution in [-0.2, 0) is 19.0 Å². The van der Waals surface area contributed by atoms with E-state index >= 15 is 0 Å². The zero-order valence-corrected chi connectivity index (χ0v) is 26.8. The topological polar surface area (TPSA) is 132 Å². The molecule has 0 radical (unpaired) electrons. The summed E-state index contributed by atoms with van der Waals surface area (Å²) >= 11 is 0. The van der Waals surface area contributed by atoms with Crippen molar-refractivity contribution in [2.45, 2.75) is 138 Å². The monoisotopic (exact) mass is 588 g/mol. The summed E-state index contributed by atoms with van der Waals surface area (Å²) in [6.07, 6.45) is -2.51. The van der Waals surface area contributed by atoms with Gasteiger partial charge >= 0.3 is 5.97 Å². The average Bonchev–Trinajstić information content (AvgIpc) is 3.47. The standard InChI is InChI=1S/C29H53N2O8P/c1-11-20-28(7,35)22(33)18(5)31(10)14-15(2)13-27(6)23(24-29(36,40(24)27)17(4)25(34)38-20)39-26-21(32)19(30(8)9)12-16(3)37-26/h15-24,26,32-33,35-36H,11-14H2,1-10H3/t15-,16-,17+,18-,19?,20-,21-,22-,23-,24-,26+,27+,28-,29?,40?/m1/s1. The minimum atomic E-state index is -1.67. The fraction of sp³-hybridized carbons (Fsp3) is 0.966. The second-order valence-electron chi connectivity index (χ2n) is 13.8. The first kappa shape index (κ1) is 32.5. The maximum absolute atomic E-state index is 13.5. The first-order valence-electron chi connectivity index (χ1n) is 14.9. The number of carbonyl (C=O) groups excluding carboxylic acids is 1. The number of aliphatic hydroxyl groups excluding tert-OH is 2. The Morgan fingerprint density at radius 2 is 1.77 bits per heavy atom. The van der Waals surface area contributed by atoms with Crippen LogP contribution in [0.25, 0.3) is 0 Å². The molecular weight excluding hydrogens is 535 g/mol. The predicted octanol–water partition coefficient (Wildman–Crippen LogP) is 1.55. The highest BCUT2D eigenvalue weighted by Gasteiger charge is 2.86. The summed E-state index contributed by atoms with van der Waals surface area (Å²) in [7, 11) is 4.81. The van der Waals surface area contributed by atoms with E-state index in [0.29, 0.717) is 19.4 Å². The van der Waals surface area contributed by atoms with Crippen molar-refractivity contribution in [1.29, 1.82) is 0 Å². The van der Waals surface area contributed by atoms with Crippen molar-refractivity contribution in [2.75, 3.05) is 27.7 Å². The van der Waals surface area contributed by atoms with Crippen molar-refractivity contribution >= 4 is 13.9 Å². The Morgan fingerprint density at radius 3 is 2.35 bits per heavy atom. The van der Waals surface area contributed by atoms with Gasteiger partial charge < -0.3 is 44.4 Å². The van der Waals surface area contributed by atoms with Gasteiger partial charge in [0, 0.05) is 29.4 Å². The number of hydrogen-bond donors (Lipinski definition) is 4. The Hall–Kier alpha value is -0.420. The predicted molar refractivity (Wildman–Crippen MR) is 153 cm³/mol. The number of carbonyl (C=O) groups is 1. The molecule has 0 aromatic heterocycles. The van der Waals surface area contributed by atoms with Crippen molar-refractivity contribution in [3.05, 3.63) is 0 Å². The van der Waals surface area contributed by atoms with Crippen LogP contribution in [0.3, 0.4) is 0 Å². The summed E-state index contributed by atoms with van der Waals surface area (Å²) < 4.78 is 18.6. The third-order valence-electron chi connectivity index (χ3n) is 10.4. The first-order chi connectivity index (χ1) is 18.4. The molecule has 0 aromatic carbocycles. The SMILES string of the molecule is CC[C@H]1OC(=O)[C@H](C)C2(O)[C@H]3[C@@H](O[C@@H]4O[C@H](C)CC(N(C)C)[C@H]4O)[C@](C)(C[C@@H](C)CN(C)[C@H](C)[C@@H](O)[C@]1(C)O)P32. The fourth-order valence-corrected chi connectivity index (χ4v) is 12.4. The molecule has 4 N–H and O–H groups in total. The van der Waals surface area contributed by atoms with E-state index in [4.69, 9.17) is 14.2 Å². The third-order valence-corrected chi connectivity index (χ3v) is 14.3. The van der Waals surface area contributed by atoms with Crippen LogP contribution >= 0.6 is 7.92 Å². The van der Waals surface area contributed by atoms with E-state index in [9.17, 15) is 25.2 Å². The average molecular weight is 589 g/mol. The summed E-state index contributed by atoms with van der Waals surface area (Å²) in [5.41, 5.74) is -1.91. The van der Waals surface area contributed by atoms with Crippen LogP contribution in [0.1, 0.15) is 67.7 Å². The minimum Gasteiger partial charge on any atom is -0.459 e. The van der Waals surface area contributed by atoms with Crippen molar-refractivity contribution in [2.24, 2.45) is 11.8 Å². The summed E-state index contributed by atoms with van der Waals surface area (Å²) in [6.45, 7) is 13.8. The molecule has 40 heavy (non-hydrogen) atoms. The molecule has 4 heterocycles. The van der Waals surface area contributed by atoms with Crippen molar-refractivity contribution in [3.8, 4) is 0 Å². The largest absolute Gasteiger partial charge is 0.459 e. The molecule has 0 saturated carbocycles. The van der Waals surface area contributed by atoms with Crippen LogP contribution in [0.15, 0.2) is 0 Å². The number of hydrogen-bond acceptors (Lipinski definition) is 10. The van der Waals surface area contributed by atoms with Crippen molar-refractivity contribution in [3.63, 3.8) is 0 Å². The second-order valence-corrected chi connectivity index (χ2v) is 16.8. The highest BCUT2D eigenvalue weighted by molar-refractivity contribution is 7.72. The molecule has 0 aliphatic carbocycles. The van der Waals surface area contributed by atoms with Gasteiger partial charge in [0.15, 0.2) is 6.29 Å². The molecular formula is C29H53N2O8P.